The molecule has 2 aromatic rings. The van der Waals surface area contributed by atoms with Gasteiger partial charge in [0.1, 0.15) is 0 Å². The zero-order valence-corrected chi connectivity index (χ0v) is 11.6. The van der Waals surface area contributed by atoms with Crippen molar-refractivity contribution < 1.29 is 15.0 Å². The van der Waals surface area contributed by atoms with Crippen LogP contribution in [0.3, 0.4) is 0 Å². The quantitative estimate of drug-likeness (QED) is 0.634. The van der Waals surface area contributed by atoms with Gasteiger partial charge in [0, 0.05) is 6.20 Å². The highest BCUT2D eigenvalue weighted by molar-refractivity contribution is 5.94. The molecule has 0 bridgehead atoms. The molecule has 21 heavy (non-hydrogen) atoms. The van der Waals surface area contributed by atoms with Crippen molar-refractivity contribution in [3.63, 3.8) is 0 Å². The number of nitrogens with one attached hydrogen (secondary N) is 1. The Balaban J connectivity index is 2.00. The Bertz CT molecular complexity index is 658. The zero-order valence-electron chi connectivity index (χ0n) is 11.6. The van der Waals surface area contributed by atoms with Crippen LogP contribution in [0.1, 0.15) is 11.1 Å². The number of carbonyl (C=O) groups is 1. The fourth-order valence-electron chi connectivity index (χ4n) is 1.90. The first-order valence-corrected chi connectivity index (χ1v) is 6.44. The van der Waals surface area contributed by atoms with Crippen LogP contribution in [0, 0.1) is 6.92 Å². The Labute approximate surface area is 122 Å². The molecule has 110 valence electrons. The Morgan fingerprint density at radius 2 is 2.05 bits per heavy atom. The first-order chi connectivity index (χ1) is 9.95. The summed E-state index contributed by atoms with van der Waals surface area (Å²) in [4.78, 5) is 16.0. The number of anilines is 1. The van der Waals surface area contributed by atoms with Crippen LogP contribution in [0.15, 0.2) is 36.7 Å². The van der Waals surface area contributed by atoms with Crippen LogP contribution in [0.25, 0.3) is 0 Å². The van der Waals surface area contributed by atoms with E-state index >= 15 is 0 Å². The molecule has 1 amide bonds. The maximum atomic E-state index is 12.0. The molecule has 1 heterocycles. The molecular weight excluding hydrogens is 270 g/mol. The molecule has 0 radical (unpaired) electrons. The predicted molar refractivity (Wildman–Crippen MR) is 79.1 cm³/mol. The van der Waals surface area contributed by atoms with Gasteiger partial charge in [-0.25, -0.2) is 0 Å². The van der Waals surface area contributed by atoms with Crippen molar-refractivity contribution >= 4 is 11.6 Å². The molecule has 6 heteroatoms. The standard InChI is InChI=1S/C15H17N3O3/c1-9-4-11(8-17-7-9)18-15(21)12(16)5-10-2-3-13(19)14(20)6-10/h2-4,6-8,12,19-20H,5,16H2,1H3,(H,18,21)/t12-/m0/s1. The summed E-state index contributed by atoms with van der Waals surface area (Å²) in [5.41, 5.74) is 8.03. The third-order valence-corrected chi connectivity index (χ3v) is 2.97. The van der Waals surface area contributed by atoms with Gasteiger partial charge in [-0.1, -0.05) is 6.07 Å². The van der Waals surface area contributed by atoms with Gasteiger partial charge < -0.3 is 21.3 Å². The molecule has 0 spiro atoms. The lowest BCUT2D eigenvalue weighted by atomic mass is 10.1. The molecule has 1 aromatic heterocycles. The summed E-state index contributed by atoms with van der Waals surface area (Å²) in [6.45, 7) is 1.88. The largest absolute Gasteiger partial charge is 0.504 e. The minimum absolute atomic E-state index is 0.206. The number of aromatic nitrogens is 1. The third-order valence-electron chi connectivity index (χ3n) is 2.97. The molecule has 0 aliphatic carbocycles. The monoisotopic (exact) mass is 287 g/mol. The van der Waals surface area contributed by atoms with Gasteiger partial charge >= 0.3 is 0 Å². The molecule has 5 N–H and O–H groups in total. The van der Waals surface area contributed by atoms with E-state index < -0.39 is 6.04 Å². The van der Waals surface area contributed by atoms with Crippen molar-refractivity contribution in [2.45, 2.75) is 19.4 Å². The molecule has 1 aromatic carbocycles. The van der Waals surface area contributed by atoms with E-state index in [0.29, 0.717) is 11.3 Å². The Morgan fingerprint density at radius 1 is 1.29 bits per heavy atom. The number of hydrogen-bond donors (Lipinski definition) is 4. The lowest BCUT2D eigenvalue weighted by Gasteiger charge is -2.13. The van der Waals surface area contributed by atoms with Crippen molar-refractivity contribution in [1.29, 1.82) is 0 Å². The molecule has 0 aliphatic heterocycles. The van der Waals surface area contributed by atoms with E-state index in [1.54, 1.807) is 24.5 Å². The van der Waals surface area contributed by atoms with Gasteiger partial charge in [0.15, 0.2) is 11.5 Å². The number of hydrogen-bond acceptors (Lipinski definition) is 5. The Hall–Kier alpha value is -2.60. The number of pyridine rings is 1. The number of nitrogens with zero attached hydrogens (tertiary/aromatic N) is 1. The maximum Gasteiger partial charge on any atom is 0.241 e. The van der Waals surface area contributed by atoms with Crippen LogP contribution in [0.2, 0.25) is 0 Å². The van der Waals surface area contributed by atoms with E-state index in [2.05, 4.69) is 10.3 Å². The van der Waals surface area contributed by atoms with Gasteiger partial charge in [-0.15, -0.1) is 0 Å². The summed E-state index contributed by atoms with van der Waals surface area (Å²) in [5, 5.41) is 21.3. The van der Waals surface area contributed by atoms with E-state index in [9.17, 15) is 15.0 Å². The summed E-state index contributed by atoms with van der Waals surface area (Å²) < 4.78 is 0. The SMILES string of the molecule is Cc1cncc(NC(=O)[C@@H](N)Cc2ccc(O)c(O)c2)c1. The fraction of sp³-hybridized carbons (Fsp3) is 0.200. The third kappa shape index (κ3) is 3.93. The van der Waals surface area contributed by atoms with E-state index in [-0.39, 0.29) is 23.8 Å². The smallest absolute Gasteiger partial charge is 0.241 e. The van der Waals surface area contributed by atoms with Gasteiger partial charge in [0.05, 0.1) is 17.9 Å². The number of nitrogens with two attached hydrogens (primary N) is 1. The van der Waals surface area contributed by atoms with E-state index in [0.717, 1.165) is 5.56 Å². The number of aromatic hydroxyl groups is 2. The highest BCUT2D eigenvalue weighted by Crippen LogP contribution is 2.25. The van der Waals surface area contributed by atoms with E-state index in [4.69, 9.17) is 5.73 Å². The molecule has 1 atom stereocenters. The van der Waals surface area contributed by atoms with Crippen LogP contribution >= 0.6 is 0 Å². The number of rotatable bonds is 4. The topological polar surface area (TPSA) is 108 Å². The van der Waals surface area contributed by atoms with Crippen LogP contribution in [-0.4, -0.2) is 27.1 Å². The predicted octanol–water partition coefficient (Wildman–Crippen LogP) is 1.31. The van der Waals surface area contributed by atoms with E-state index in [1.807, 2.05) is 6.92 Å². The highest BCUT2D eigenvalue weighted by Gasteiger charge is 2.15. The first kappa shape index (κ1) is 14.8. The van der Waals surface area contributed by atoms with Crippen molar-refractivity contribution in [2.24, 2.45) is 5.73 Å². The number of benzene rings is 1. The normalized spacial score (nSPS) is 11.9. The number of amides is 1. The lowest BCUT2D eigenvalue weighted by molar-refractivity contribution is -0.117. The summed E-state index contributed by atoms with van der Waals surface area (Å²) >= 11 is 0. The molecule has 0 aliphatic rings. The van der Waals surface area contributed by atoms with Gasteiger partial charge in [0.2, 0.25) is 5.91 Å². The second-order valence-electron chi connectivity index (χ2n) is 4.87. The van der Waals surface area contributed by atoms with Crippen molar-refractivity contribution in [2.75, 3.05) is 5.32 Å². The second kappa shape index (κ2) is 6.23. The van der Waals surface area contributed by atoms with Crippen molar-refractivity contribution in [3.05, 3.63) is 47.8 Å². The Morgan fingerprint density at radius 3 is 2.71 bits per heavy atom. The fourth-order valence-corrected chi connectivity index (χ4v) is 1.90. The molecule has 2 rings (SSSR count). The molecule has 6 nitrogen and oxygen atoms in total. The molecule has 0 saturated heterocycles. The van der Waals surface area contributed by atoms with Gasteiger partial charge in [-0.2, -0.15) is 0 Å². The zero-order chi connectivity index (χ0) is 15.4. The average Bonchev–Trinajstić information content (AvgIpc) is 2.43. The average molecular weight is 287 g/mol. The number of carbonyl (C=O) groups excluding carboxylic acids is 1. The summed E-state index contributed by atoms with van der Waals surface area (Å²) in [6, 6.07) is 5.38. The van der Waals surface area contributed by atoms with Crippen LogP contribution in [-0.2, 0) is 11.2 Å². The maximum absolute atomic E-state index is 12.0. The lowest BCUT2D eigenvalue weighted by Crippen LogP contribution is -2.37. The van der Waals surface area contributed by atoms with Crippen LogP contribution in [0.4, 0.5) is 5.69 Å². The van der Waals surface area contributed by atoms with Gasteiger partial charge in [0.25, 0.3) is 0 Å². The van der Waals surface area contributed by atoms with Gasteiger partial charge in [-0.05, 0) is 42.7 Å². The number of phenolic OH excluding ortho intramolecular Hbond substituents is 2. The minimum Gasteiger partial charge on any atom is -0.504 e. The summed E-state index contributed by atoms with van der Waals surface area (Å²) in [7, 11) is 0. The van der Waals surface area contributed by atoms with Gasteiger partial charge in [-0.3, -0.25) is 9.78 Å². The molecule has 0 saturated carbocycles. The summed E-state index contributed by atoms with van der Waals surface area (Å²) in [5.74, 6) is -0.777. The van der Waals surface area contributed by atoms with Crippen molar-refractivity contribution in [1.82, 2.24) is 4.98 Å². The first-order valence-electron chi connectivity index (χ1n) is 6.44. The number of aryl methyl sites for hydroxylation is 1. The Kier molecular flexibility index (Phi) is 4.39. The molecule has 0 fully saturated rings. The van der Waals surface area contributed by atoms with Crippen LogP contribution in [0.5, 0.6) is 11.5 Å². The van der Waals surface area contributed by atoms with Crippen LogP contribution < -0.4 is 11.1 Å². The molecular formula is C15H17N3O3. The highest BCUT2D eigenvalue weighted by atomic mass is 16.3. The number of phenols is 2. The minimum atomic E-state index is -0.769. The van der Waals surface area contributed by atoms with Crippen molar-refractivity contribution in [3.8, 4) is 11.5 Å². The molecule has 0 unspecified atom stereocenters. The summed E-state index contributed by atoms with van der Waals surface area (Å²) in [6.07, 6.45) is 3.48. The second-order valence-corrected chi connectivity index (χ2v) is 4.87. The van der Waals surface area contributed by atoms with E-state index in [1.165, 1.54) is 12.1 Å².